The van der Waals surface area contributed by atoms with E-state index in [0.29, 0.717) is 5.92 Å². The number of hydrogen-bond acceptors (Lipinski definition) is 1. The van der Waals surface area contributed by atoms with E-state index in [1.54, 1.807) is 0 Å². The monoisotopic (exact) mass is 270 g/mol. The zero-order valence-electron chi connectivity index (χ0n) is 12.7. The molecule has 0 radical (unpaired) electrons. The molecule has 20 heavy (non-hydrogen) atoms. The van der Waals surface area contributed by atoms with Gasteiger partial charge in [-0.3, -0.25) is 0 Å². The van der Waals surface area contributed by atoms with E-state index in [4.69, 9.17) is 0 Å². The van der Waals surface area contributed by atoms with E-state index < -0.39 is 0 Å². The second-order valence-corrected chi connectivity index (χ2v) is 7.87. The Balaban J connectivity index is 1.63. The molecule has 4 aliphatic carbocycles. The summed E-state index contributed by atoms with van der Waals surface area (Å²) >= 11 is 0. The summed E-state index contributed by atoms with van der Waals surface area (Å²) in [6.07, 6.45) is 6.81. The van der Waals surface area contributed by atoms with Crippen LogP contribution in [0, 0.1) is 43.4 Å². The number of aliphatic hydroxyl groups is 1. The molecule has 0 spiro atoms. The third-order valence-corrected chi connectivity index (χ3v) is 6.25. The van der Waals surface area contributed by atoms with Crippen LogP contribution in [0.3, 0.4) is 0 Å². The topological polar surface area (TPSA) is 20.2 Å². The van der Waals surface area contributed by atoms with Gasteiger partial charge in [0.15, 0.2) is 0 Å². The quantitative estimate of drug-likeness (QED) is 0.844. The lowest BCUT2D eigenvalue weighted by atomic mass is 9.50. The molecular formula is C19H26O. The first-order valence-electron chi connectivity index (χ1n) is 8.36. The summed E-state index contributed by atoms with van der Waals surface area (Å²) in [5.74, 6) is 4.09. The minimum absolute atomic E-state index is 0.233. The fourth-order valence-electron chi connectivity index (χ4n) is 5.89. The van der Waals surface area contributed by atoms with Crippen molar-refractivity contribution in [3.05, 3.63) is 34.9 Å². The maximum atomic E-state index is 11.0. The van der Waals surface area contributed by atoms with Gasteiger partial charge in [0, 0.05) is 0 Å². The molecule has 1 aromatic rings. The van der Waals surface area contributed by atoms with Crippen molar-refractivity contribution in [2.45, 2.75) is 52.1 Å². The zero-order chi connectivity index (χ0) is 13.9. The number of benzene rings is 1. The van der Waals surface area contributed by atoms with Gasteiger partial charge in [0.2, 0.25) is 0 Å². The van der Waals surface area contributed by atoms with Gasteiger partial charge in [-0.25, -0.2) is 0 Å². The van der Waals surface area contributed by atoms with Crippen LogP contribution in [0.2, 0.25) is 0 Å². The molecule has 5 rings (SSSR count). The summed E-state index contributed by atoms with van der Waals surface area (Å²) in [4.78, 5) is 0. The molecule has 0 aliphatic heterocycles. The van der Waals surface area contributed by atoms with Crippen molar-refractivity contribution >= 4 is 0 Å². The Morgan fingerprint density at radius 1 is 0.850 bits per heavy atom. The third-order valence-electron chi connectivity index (χ3n) is 6.25. The van der Waals surface area contributed by atoms with E-state index in [-0.39, 0.29) is 6.10 Å². The number of aryl methyl sites for hydroxylation is 2. The van der Waals surface area contributed by atoms with E-state index in [2.05, 4.69) is 32.0 Å². The molecule has 1 heteroatoms. The molecule has 1 nitrogen and oxygen atoms in total. The summed E-state index contributed by atoms with van der Waals surface area (Å²) < 4.78 is 0. The van der Waals surface area contributed by atoms with Gasteiger partial charge in [-0.15, -0.1) is 0 Å². The Morgan fingerprint density at radius 3 is 1.85 bits per heavy atom. The van der Waals surface area contributed by atoms with Crippen LogP contribution in [0.5, 0.6) is 0 Å². The molecule has 4 saturated carbocycles. The lowest BCUT2D eigenvalue weighted by Gasteiger charge is -2.55. The van der Waals surface area contributed by atoms with Crippen molar-refractivity contribution in [2.75, 3.05) is 0 Å². The van der Waals surface area contributed by atoms with E-state index >= 15 is 0 Å². The molecule has 4 aliphatic rings. The first kappa shape index (κ1) is 12.9. The second kappa shape index (κ2) is 4.59. The average molecular weight is 270 g/mol. The third kappa shape index (κ3) is 2.02. The number of aliphatic hydroxyl groups excluding tert-OH is 1. The molecule has 4 bridgehead atoms. The Morgan fingerprint density at radius 2 is 1.35 bits per heavy atom. The number of rotatable bonds is 2. The molecule has 0 aromatic heterocycles. The van der Waals surface area contributed by atoms with Gasteiger partial charge in [0.05, 0.1) is 6.10 Å². The Labute approximate surface area is 122 Å². The minimum Gasteiger partial charge on any atom is -0.388 e. The fourth-order valence-corrected chi connectivity index (χ4v) is 5.89. The summed E-state index contributed by atoms with van der Waals surface area (Å²) in [5, 5.41) is 11.0. The summed E-state index contributed by atoms with van der Waals surface area (Å²) in [7, 11) is 0. The van der Waals surface area contributed by atoms with Crippen LogP contribution in [0.25, 0.3) is 0 Å². The summed E-state index contributed by atoms with van der Waals surface area (Å²) in [5.41, 5.74) is 3.73. The maximum Gasteiger partial charge on any atom is 0.0823 e. The van der Waals surface area contributed by atoms with Gasteiger partial charge >= 0.3 is 0 Å². The fraction of sp³-hybridized carbons (Fsp3) is 0.684. The van der Waals surface area contributed by atoms with Crippen LogP contribution in [0.4, 0.5) is 0 Å². The normalized spacial score (nSPS) is 40.0. The van der Waals surface area contributed by atoms with Gasteiger partial charge < -0.3 is 5.11 Å². The van der Waals surface area contributed by atoms with Crippen LogP contribution in [0.1, 0.15) is 54.9 Å². The van der Waals surface area contributed by atoms with E-state index in [1.165, 1.54) is 48.8 Å². The van der Waals surface area contributed by atoms with Gasteiger partial charge in [0.25, 0.3) is 0 Å². The highest BCUT2D eigenvalue weighted by Crippen LogP contribution is 2.59. The molecule has 0 amide bonds. The van der Waals surface area contributed by atoms with Crippen molar-refractivity contribution in [1.82, 2.24) is 0 Å². The van der Waals surface area contributed by atoms with Gasteiger partial charge in [0.1, 0.15) is 0 Å². The van der Waals surface area contributed by atoms with Crippen molar-refractivity contribution in [3.8, 4) is 0 Å². The lowest BCUT2D eigenvalue weighted by molar-refractivity contribution is -0.0908. The molecule has 0 heterocycles. The van der Waals surface area contributed by atoms with Crippen molar-refractivity contribution < 1.29 is 5.11 Å². The van der Waals surface area contributed by atoms with Crippen molar-refractivity contribution in [1.29, 1.82) is 0 Å². The maximum absolute atomic E-state index is 11.0. The van der Waals surface area contributed by atoms with E-state index in [0.717, 1.165) is 23.7 Å². The molecule has 4 fully saturated rings. The van der Waals surface area contributed by atoms with Crippen LogP contribution in [-0.4, -0.2) is 5.11 Å². The first-order chi connectivity index (χ1) is 9.60. The van der Waals surface area contributed by atoms with E-state index in [9.17, 15) is 5.11 Å². The smallest absolute Gasteiger partial charge is 0.0823 e. The molecule has 0 saturated heterocycles. The molecule has 108 valence electrons. The Kier molecular flexibility index (Phi) is 2.96. The largest absolute Gasteiger partial charge is 0.388 e. The SMILES string of the molecule is Cc1cc(C)cc(C(O)C2C3CC4CC(C3)CC2C4)c1. The summed E-state index contributed by atoms with van der Waals surface area (Å²) in [6, 6.07) is 6.60. The average Bonchev–Trinajstić information content (AvgIpc) is 2.35. The highest BCUT2D eigenvalue weighted by molar-refractivity contribution is 5.30. The minimum atomic E-state index is -0.233. The molecular weight excluding hydrogens is 244 g/mol. The predicted molar refractivity (Wildman–Crippen MR) is 81.4 cm³/mol. The number of hydrogen-bond donors (Lipinski definition) is 1. The predicted octanol–water partition coefficient (Wildman–Crippen LogP) is 4.41. The molecule has 1 atom stereocenters. The standard InChI is InChI=1S/C19H26O/c1-11-3-12(2)5-17(4-11)19(20)18-15-7-13-6-14(9-15)10-16(18)8-13/h3-5,13-16,18-20H,6-10H2,1-2H3. The second-order valence-electron chi connectivity index (χ2n) is 7.87. The van der Waals surface area contributed by atoms with E-state index in [1.807, 2.05) is 0 Å². The zero-order valence-corrected chi connectivity index (χ0v) is 12.7. The lowest BCUT2D eigenvalue weighted by Crippen LogP contribution is -2.47. The van der Waals surface area contributed by atoms with Crippen LogP contribution < -0.4 is 0 Å². The Bertz CT molecular complexity index is 470. The van der Waals surface area contributed by atoms with Crippen LogP contribution >= 0.6 is 0 Å². The van der Waals surface area contributed by atoms with Crippen molar-refractivity contribution in [3.63, 3.8) is 0 Å². The van der Waals surface area contributed by atoms with Crippen LogP contribution in [-0.2, 0) is 0 Å². The van der Waals surface area contributed by atoms with Gasteiger partial charge in [-0.05, 0) is 81.1 Å². The highest BCUT2D eigenvalue weighted by atomic mass is 16.3. The first-order valence-corrected chi connectivity index (χ1v) is 8.36. The molecule has 1 unspecified atom stereocenters. The molecule has 1 N–H and O–H groups in total. The molecule has 1 aromatic carbocycles. The van der Waals surface area contributed by atoms with Crippen molar-refractivity contribution in [2.24, 2.45) is 29.6 Å². The highest BCUT2D eigenvalue weighted by Gasteiger charge is 2.50. The summed E-state index contributed by atoms with van der Waals surface area (Å²) in [6.45, 7) is 4.28. The van der Waals surface area contributed by atoms with Crippen LogP contribution in [0.15, 0.2) is 18.2 Å². The van der Waals surface area contributed by atoms with Gasteiger partial charge in [-0.2, -0.15) is 0 Å². The van der Waals surface area contributed by atoms with Gasteiger partial charge in [-0.1, -0.05) is 29.3 Å². The Hall–Kier alpha value is -0.820.